The largest absolute Gasteiger partial charge is 0.458 e. The lowest BCUT2D eigenvalue weighted by Gasteiger charge is -2.57. The molecule has 0 atom stereocenters. The molecule has 0 saturated heterocycles. The second-order valence-electron chi connectivity index (χ2n) is 22.7. The quantitative estimate of drug-likeness (QED) is 0.165. The summed E-state index contributed by atoms with van der Waals surface area (Å²) in [6.45, 7) is 21.1. The van der Waals surface area contributed by atoms with E-state index in [1.807, 2.05) is 89.2 Å². The van der Waals surface area contributed by atoms with E-state index in [-0.39, 0.29) is 122 Å². The van der Waals surface area contributed by atoms with Gasteiger partial charge in [0.2, 0.25) is 0 Å². The Morgan fingerprint density at radius 1 is 0.542 bits per heavy atom. The predicted octanol–water partition coefficient (Wildman–Crippen LogP) is 13.4. The number of ether oxygens (including phenoxy) is 1. The van der Waals surface area contributed by atoms with Crippen molar-refractivity contribution in [1.82, 2.24) is 0 Å². The number of benzene rings is 5. The zero-order valence-electron chi connectivity index (χ0n) is 50.1. The van der Waals surface area contributed by atoms with Crippen molar-refractivity contribution >= 4 is 40.2 Å². The minimum Gasteiger partial charge on any atom is -0.458 e. The van der Waals surface area contributed by atoms with Crippen LogP contribution in [0.3, 0.4) is 0 Å². The molecule has 0 N–H and O–H groups in total. The average Bonchev–Trinajstić information content (AvgIpc) is 3.23. The molecule has 59 heavy (non-hydrogen) atoms. The van der Waals surface area contributed by atoms with Gasteiger partial charge in [0, 0.05) is 16.9 Å². The van der Waals surface area contributed by atoms with Gasteiger partial charge in [0.15, 0.2) is 0 Å². The summed E-state index contributed by atoms with van der Waals surface area (Å²) in [5, 5.41) is 0. The molecule has 4 saturated carbocycles. The third-order valence-electron chi connectivity index (χ3n) is 13.8. The van der Waals surface area contributed by atoms with E-state index in [2.05, 4.69) is 6.07 Å². The van der Waals surface area contributed by atoms with Crippen molar-refractivity contribution < 1.29 is 22.6 Å². The van der Waals surface area contributed by atoms with E-state index in [4.69, 9.17) is 4.74 Å². The Morgan fingerprint density at radius 3 is 1.59 bits per heavy atom. The van der Waals surface area contributed by atoms with Gasteiger partial charge in [-0.25, -0.2) is 0 Å². The number of hydrogen-bond donors (Lipinski definition) is 0. The van der Waals surface area contributed by atoms with Gasteiger partial charge in [0.1, 0.15) is 11.5 Å². The van der Waals surface area contributed by atoms with Gasteiger partial charge in [-0.15, -0.1) is 0 Å². The van der Waals surface area contributed by atoms with Crippen LogP contribution in [0, 0.1) is 17.8 Å². The Labute approximate surface area is 374 Å². The number of rotatable bonds is 3. The van der Waals surface area contributed by atoms with Crippen LogP contribution in [-0.2, 0) is 27.1 Å². The molecule has 4 fully saturated rings. The standard InChI is InChI=1S/C56H66BNO/c1-52(2,3)38-15-13-37(14-16-38)43-26-39(53(4,5)6)17-20-46(43)58-47-21-18-40(54(7,8)9)27-44(47)57-45-28-41(55(10,11)12)19-22-49(45)59-50-30-42(29-48(58)51(50)57)56-31-34-23-35(32-56)25-36(24-34)33-56/h13-22,26-30,34-36H,23-25,31-33H2,1-12H3/i13D,14D,15D,16D,17D,18D,19D,20D,21D,22D,26D,27D,28D. The second kappa shape index (κ2) is 12.9. The first-order valence-corrected chi connectivity index (χ1v) is 21.8. The van der Waals surface area contributed by atoms with Crippen LogP contribution >= 0.6 is 0 Å². The van der Waals surface area contributed by atoms with Gasteiger partial charge in [-0.3, -0.25) is 0 Å². The maximum absolute atomic E-state index is 10.4. The van der Waals surface area contributed by atoms with Crippen molar-refractivity contribution in [2.45, 2.75) is 149 Å². The molecule has 0 unspecified atom stereocenters. The predicted molar refractivity (Wildman–Crippen MR) is 252 cm³/mol. The van der Waals surface area contributed by atoms with Crippen molar-refractivity contribution in [2.24, 2.45) is 17.8 Å². The van der Waals surface area contributed by atoms with Crippen LogP contribution in [0.4, 0.5) is 17.1 Å². The van der Waals surface area contributed by atoms with Crippen molar-refractivity contribution in [2.75, 3.05) is 4.90 Å². The number of fused-ring (bicyclic) bond motifs is 4. The van der Waals surface area contributed by atoms with Gasteiger partial charge in [0.25, 0.3) is 6.71 Å². The number of anilines is 3. The van der Waals surface area contributed by atoms with Gasteiger partial charge in [-0.2, -0.15) is 0 Å². The highest BCUT2D eigenvalue weighted by Gasteiger charge is 2.53. The minimum absolute atomic E-state index is 0.00576. The van der Waals surface area contributed by atoms with Crippen LogP contribution in [0.15, 0.2) is 90.7 Å². The molecule has 304 valence electrons. The average molecular weight is 793 g/mol. The molecule has 0 aromatic heterocycles. The fraction of sp³-hybridized carbons (Fsp3) is 0.464. The molecule has 2 heterocycles. The molecular weight excluding hydrogens is 713 g/mol. The van der Waals surface area contributed by atoms with E-state index in [9.17, 15) is 17.8 Å². The molecule has 2 aliphatic heterocycles. The zero-order chi connectivity index (χ0) is 52.9. The molecule has 11 rings (SSSR count). The Balaban J connectivity index is 1.45. The smallest absolute Gasteiger partial charge is 0.256 e. The van der Waals surface area contributed by atoms with Crippen LogP contribution in [-0.4, -0.2) is 6.71 Å². The van der Waals surface area contributed by atoms with Crippen LogP contribution in [0.25, 0.3) is 11.1 Å². The number of hydrogen-bond acceptors (Lipinski definition) is 2. The lowest BCUT2D eigenvalue weighted by Crippen LogP contribution is -2.60. The Bertz CT molecular complexity index is 3180. The lowest BCUT2D eigenvalue weighted by atomic mass is 9.33. The molecule has 4 bridgehead atoms. The monoisotopic (exact) mass is 793 g/mol. The van der Waals surface area contributed by atoms with Gasteiger partial charge in [0.05, 0.1) is 23.5 Å². The van der Waals surface area contributed by atoms with Gasteiger partial charge < -0.3 is 9.64 Å². The molecule has 3 heteroatoms. The summed E-state index contributed by atoms with van der Waals surface area (Å²) in [6, 6.07) is 0.603. The van der Waals surface area contributed by atoms with Gasteiger partial charge in [-0.05, 0) is 169 Å². The Morgan fingerprint density at radius 2 is 1.03 bits per heavy atom. The maximum Gasteiger partial charge on any atom is 0.256 e. The fourth-order valence-electron chi connectivity index (χ4n) is 11.0. The highest BCUT2D eigenvalue weighted by atomic mass is 16.5. The van der Waals surface area contributed by atoms with E-state index in [0.717, 1.165) is 44.1 Å². The summed E-state index contributed by atoms with van der Waals surface area (Å²) < 4.78 is 135. The minimum atomic E-state index is -1.06. The van der Waals surface area contributed by atoms with Gasteiger partial charge in [-0.1, -0.05) is 137 Å². The van der Waals surface area contributed by atoms with E-state index >= 15 is 0 Å². The van der Waals surface area contributed by atoms with E-state index in [0.29, 0.717) is 40.2 Å². The molecule has 0 spiro atoms. The third kappa shape index (κ3) is 6.42. The van der Waals surface area contributed by atoms with Crippen molar-refractivity contribution in [3.05, 3.63) is 119 Å². The third-order valence-corrected chi connectivity index (χ3v) is 13.8. The summed E-state index contributed by atoms with van der Waals surface area (Å²) in [7, 11) is 0. The summed E-state index contributed by atoms with van der Waals surface area (Å²) in [5.74, 6) is 1.90. The molecular formula is C56H66BNO. The fourth-order valence-corrected chi connectivity index (χ4v) is 11.0. The Hall–Kier alpha value is -4.24. The lowest BCUT2D eigenvalue weighted by molar-refractivity contribution is -0.00522. The summed E-state index contributed by atoms with van der Waals surface area (Å²) in [6.07, 6.45) is 6.27. The highest BCUT2D eigenvalue weighted by Crippen LogP contribution is 2.62. The normalized spacial score (nSPS) is 26.2. The van der Waals surface area contributed by atoms with Crippen molar-refractivity contribution in [3.8, 4) is 22.6 Å². The van der Waals surface area contributed by atoms with E-state index in [1.165, 1.54) is 0 Å². The second-order valence-corrected chi connectivity index (χ2v) is 22.7. The van der Waals surface area contributed by atoms with E-state index in [1.54, 1.807) is 4.90 Å². The molecule has 0 amide bonds. The van der Waals surface area contributed by atoms with Crippen LogP contribution in [0.1, 0.15) is 167 Å². The Kier molecular flexibility index (Phi) is 5.87. The summed E-state index contributed by atoms with van der Waals surface area (Å²) in [5.41, 5.74) is -1.12. The van der Waals surface area contributed by atoms with E-state index < -0.39 is 46.5 Å². The molecule has 5 aromatic carbocycles. The van der Waals surface area contributed by atoms with Crippen molar-refractivity contribution in [1.29, 1.82) is 0 Å². The maximum atomic E-state index is 10.4. The van der Waals surface area contributed by atoms with Gasteiger partial charge >= 0.3 is 0 Å². The molecule has 4 aliphatic carbocycles. The molecule has 6 aliphatic rings. The zero-order valence-corrected chi connectivity index (χ0v) is 37.1. The molecule has 2 nitrogen and oxygen atoms in total. The molecule has 5 aromatic rings. The first-order chi connectivity index (χ1) is 33.1. The topological polar surface area (TPSA) is 12.5 Å². The van der Waals surface area contributed by atoms with Crippen LogP contribution in [0.5, 0.6) is 11.5 Å². The first kappa shape index (κ1) is 26.9. The number of nitrogens with zero attached hydrogens (tertiary/aromatic N) is 1. The molecule has 0 radical (unpaired) electrons. The summed E-state index contributed by atoms with van der Waals surface area (Å²) in [4.78, 5) is 1.60. The first-order valence-electron chi connectivity index (χ1n) is 28.3. The highest BCUT2D eigenvalue weighted by molar-refractivity contribution is 6.99. The summed E-state index contributed by atoms with van der Waals surface area (Å²) >= 11 is 0. The van der Waals surface area contributed by atoms with Crippen LogP contribution < -0.4 is 26.0 Å². The SMILES string of the molecule is [2H]c1c([2H])c(C(C)(C)C)c([2H])c2c1Oc1cc(C34CC5CC(CC(C5)C3)C4)cc3c1B2c1c([2H])c(C(C)(C)C)c([2H])c([2H])c1N3c1c([2H])c([2H])c(C(C)(C)C)c([2H])c1-c1c([2H])c([2H])c(C(C)(C)C)c([2H])c1[2H]. The van der Waals surface area contributed by atoms with Crippen LogP contribution in [0.2, 0.25) is 0 Å². The van der Waals surface area contributed by atoms with Crippen molar-refractivity contribution in [3.63, 3.8) is 0 Å².